The zero-order chi connectivity index (χ0) is 15.3. The fraction of sp³-hybridized carbons (Fsp3) is 0.412. The zero-order valence-electron chi connectivity index (χ0n) is 12.7. The van der Waals surface area contributed by atoms with E-state index in [1.54, 1.807) is 12.1 Å². The van der Waals surface area contributed by atoms with Crippen LogP contribution in [-0.4, -0.2) is 25.8 Å². The lowest BCUT2D eigenvalue weighted by Crippen LogP contribution is -2.31. The van der Waals surface area contributed by atoms with Gasteiger partial charge in [-0.2, -0.15) is 4.31 Å². The molecule has 0 fully saturated rings. The Balaban J connectivity index is 2.28. The van der Waals surface area contributed by atoms with E-state index in [-0.39, 0.29) is 0 Å². The van der Waals surface area contributed by atoms with Crippen molar-refractivity contribution in [2.24, 2.45) is 0 Å². The third kappa shape index (κ3) is 4.29. The summed E-state index contributed by atoms with van der Waals surface area (Å²) in [5.74, 6) is 0. The summed E-state index contributed by atoms with van der Waals surface area (Å²) in [6.07, 6.45) is 9.23. The molecular formula is C17H23NO2S. The Morgan fingerprint density at radius 2 is 1.71 bits per heavy atom. The van der Waals surface area contributed by atoms with Gasteiger partial charge in [0.25, 0.3) is 0 Å². The molecule has 0 saturated heterocycles. The van der Waals surface area contributed by atoms with Gasteiger partial charge in [0.2, 0.25) is 10.0 Å². The number of benzene rings is 1. The summed E-state index contributed by atoms with van der Waals surface area (Å²) in [4.78, 5) is 0.365. The van der Waals surface area contributed by atoms with Crippen LogP contribution in [0.4, 0.5) is 0 Å². The van der Waals surface area contributed by atoms with Crippen molar-refractivity contribution in [1.29, 1.82) is 0 Å². The molecule has 1 aliphatic heterocycles. The fourth-order valence-corrected chi connectivity index (χ4v) is 3.63. The highest BCUT2D eigenvalue weighted by atomic mass is 32.2. The molecule has 0 bridgehead atoms. The molecule has 0 saturated carbocycles. The van der Waals surface area contributed by atoms with Crippen LogP contribution in [0.25, 0.3) is 0 Å². The van der Waals surface area contributed by atoms with Gasteiger partial charge in [0.1, 0.15) is 0 Å². The Labute approximate surface area is 128 Å². The molecule has 0 radical (unpaired) electrons. The molecule has 1 aromatic carbocycles. The van der Waals surface area contributed by atoms with Gasteiger partial charge in [-0.1, -0.05) is 41.5 Å². The van der Waals surface area contributed by atoms with Gasteiger partial charge in [0.15, 0.2) is 0 Å². The van der Waals surface area contributed by atoms with E-state index < -0.39 is 10.0 Å². The van der Waals surface area contributed by atoms with Crippen LogP contribution in [0.5, 0.6) is 0 Å². The Hall–Kier alpha value is -1.39. The van der Waals surface area contributed by atoms with E-state index in [0.717, 1.165) is 24.8 Å². The van der Waals surface area contributed by atoms with Crippen molar-refractivity contribution in [3.05, 3.63) is 53.6 Å². The number of aryl methyl sites for hydroxylation is 1. The van der Waals surface area contributed by atoms with Crippen LogP contribution < -0.4 is 0 Å². The van der Waals surface area contributed by atoms with Crippen LogP contribution in [0.1, 0.15) is 31.7 Å². The van der Waals surface area contributed by atoms with Gasteiger partial charge >= 0.3 is 0 Å². The van der Waals surface area contributed by atoms with Gasteiger partial charge in [-0.3, -0.25) is 0 Å². The van der Waals surface area contributed by atoms with Crippen molar-refractivity contribution in [3.8, 4) is 0 Å². The molecule has 21 heavy (non-hydrogen) atoms. The van der Waals surface area contributed by atoms with Gasteiger partial charge in [0.05, 0.1) is 4.90 Å². The monoisotopic (exact) mass is 305 g/mol. The van der Waals surface area contributed by atoms with Gasteiger partial charge in [0, 0.05) is 13.1 Å². The number of sulfonamides is 1. The molecule has 0 amide bonds. The van der Waals surface area contributed by atoms with E-state index in [4.69, 9.17) is 0 Å². The molecule has 1 aliphatic rings. The lowest BCUT2D eigenvalue weighted by atomic mass is 10.1. The smallest absolute Gasteiger partial charge is 0.207 e. The average molecular weight is 305 g/mol. The van der Waals surface area contributed by atoms with Crippen molar-refractivity contribution in [3.63, 3.8) is 0 Å². The summed E-state index contributed by atoms with van der Waals surface area (Å²) in [5, 5.41) is 0. The molecule has 0 atom stereocenters. The number of allylic oxidation sites excluding steroid dienone is 2. The van der Waals surface area contributed by atoms with Crippen LogP contribution in [-0.2, 0) is 10.0 Å². The molecule has 4 heteroatoms. The van der Waals surface area contributed by atoms with Crippen LogP contribution in [0, 0.1) is 6.92 Å². The quantitative estimate of drug-likeness (QED) is 0.782. The van der Waals surface area contributed by atoms with E-state index in [1.165, 1.54) is 9.88 Å². The molecule has 0 aliphatic carbocycles. The maximum Gasteiger partial charge on any atom is 0.243 e. The Kier molecular flexibility index (Phi) is 5.37. The van der Waals surface area contributed by atoms with Crippen LogP contribution in [0.15, 0.2) is 53.0 Å². The second kappa shape index (κ2) is 7.05. The second-order valence-electron chi connectivity index (χ2n) is 5.55. The number of nitrogens with zero attached hydrogens (tertiary/aromatic N) is 1. The Morgan fingerprint density at radius 3 is 2.43 bits per heavy atom. The summed E-state index contributed by atoms with van der Waals surface area (Å²) in [5.41, 5.74) is 2.32. The fourth-order valence-electron chi connectivity index (χ4n) is 2.30. The average Bonchev–Trinajstić information content (AvgIpc) is 2.46. The molecule has 114 valence electrons. The van der Waals surface area contributed by atoms with E-state index >= 15 is 0 Å². The lowest BCUT2D eigenvalue weighted by Gasteiger charge is -2.20. The van der Waals surface area contributed by atoms with Crippen LogP contribution in [0.3, 0.4) is 0 Å². The van der Waals surface area contributed by atoms with Gasteiger partial charge in [-0.25, -0.2) is 8.42 Å². The first kappa shape index (κ1) is 16.0. The third-order valence-electron chi connectivity index (χ3n) is 3.72. The Bertz CT molecular complexity index is 627. The molecule has 0 aromatic heterocycles. The summed E-state index contributed by atoms with van der Waals surface area (Å²) in [6, 6.07) is 7.05. The predicted molar refractivity (Wildman–Crippen MR) is 86.7 cm³/mol. The minimum absolute atomic E-state index is 0.365. The molecule has 0 spiro atoms. The van der Waals surface area contributed by atoms with Gasteiger partial charge in [-0.15, -0.1) is 0 Å². The van der Waals surface area contributed by atoms with Crippen LogP contribution in [0.2, 0.25) is 0 Å². The standard InChI is InChI=1S/C17H23NO2S/c1-15-7-5-3-4-6-13-18(14-12-15)21(19,20)17-10-8-16(2)9-11-17/h4,6,8-12H,3,5,7,13-14H2,1-2H3/b6-4+,15-12-. The van der Waals surface area contributed by atoms with Crippen molar-refractivity contribution in [2.75, 3.05) is 13.1 Å². The van der Waals surface area contributed by atoms with Crippen molar-refractivity contribution in [1.82, 2.24) is 4.31 Å². The second-order valence-corrected chi connectivity index (χ2v) is 7.49. The number of hydrogen-bond donors (Lipinski definition) is 0. The van der Waals surface area contributed by atoms with E-state index in [1.807, 2.05) is 31.2 Å². The lowest BCUT2D eigenvalue weighted by molar-refractivity contribution is 0.471. The molecule has 1 heterocycles. The predicted octanol–water partition coefficient (Wildman–Crippen LogP) is 3.67. The molecule has 3 nitrogen and oxygen atoms in total. The number of rotatable bonds is 2. The third-order valence-corrected chi connectivity index (χ3v) is 5.57. The summed E-state index contributed by atoms with van der Waals surface area (Å²) >= 11 is 0. The van der Waals surface area contributed by atoms with E-state index in [0.29, 0.717) is 18.0 Å². The first-order valence-corrected chi connectivity index (χ1v) is 8.81. The highest BCUT2D eigenvalue weighted by Gasteiger charge is 2.22. The summed E-state index contributed by atoms with van der Waals surface area (Å²) in [6.45, 7) is 4.89. The summed E-state index contributed by atoms with van der Waals surface area (Å²) < 4.78 is 27.0. The summed E-state index contributed by atoms with van der Waals surface area (Å²) in [7, 11) is -3.43. The molecule has 0 N–H and O–H groups in total. The highest BCUT2D eigenvalue weighted by molar-refractivity contribution is 7.89. The molecular weight excluding hydrogens is 282 g/mol. The Morgan fingerprint density at radius 1 is 1.00 bits per heavy atom. The topological polar surface area (TPSA) is 37.4 Å². The van der Waals surface area contributed by atoms with Crippen molar-refractivity contribution in [2.45, 2.75) is 38.0 Å². The minimum Gasteiger partial charge on any atom is -0.207 e. The maximum absolute atomic E-state index is 12.7. The molecule has 2 rings (SSSR count). The SMILES string of the molecule is C/C1=C/CN(S(=O)(=O)c2ccc(C)cc2)C/C=C/CCC1. The highest BCUT2D eigenvalue weighted by Crippen LogP contribution is 2.18. The maximum atomic E-state index is 12.7. The van der Waals surface area contributed by atoms with E-state index in [9.17, 15) is 8.42 Å². The van der Waals surface area contributed by atoms with Crippen molar-refractivity contribution < 1.29 is 8.42 Å². The number of hydrogen-bond acceptors (Lipinski definition) is 2. The largest absolute Gasteiger partial charge is 0.243 e. The van der Waals surface area contributed by atoms with Gasteiger partial charge in [-0.05, 0) is 45.2 Å². The van der Waals surface area contributed by atoms with Gasteiger partial charge < -0.3 is 0 Å². The zero-order valence-corrected chi connectivity index (χ0v) is 13.6. The van der Waals surface area contributed by atoms with E-state index in [2.05, 4.69) is 13.0 Å². The normalized spacial score (nSPS) is 22.3. The first-order chi connectivity index (χ1) is 10.00. The van der Waals surface area contributed by atoms with Crippen LogP contribution >= 0.6 is 0 Å². The van der Waals surface area contributed by atoms with Crippen molar-refractivity contribution >= 4 is 10.0 Å². The minimum atomic E-state index is -3.43. The molecule has 1 aromatic rings. The first-order valence-electron chi connectivity index (χ1n) is 7.37. The molecule has 0 unspecified atom stereocenters.